The second kappa shape index (κ2) is 3.98. The summed E-state index contributed by atoms with van der Waals surface area (Å²) in [5.74, 6) is 0. The first kappa shape index (κ1) is 12.3. The van der Waals surface area contributed by atoms with Crippen molar-refractivity contribution in [1.29, 1.82) is 0 Å². The molecule has 1 atom stereocenters. The van der Waals surface area contributed by atoms with Crippen LogP contribution in [0.2, 0.25) is 0 Å². The van der Waals surface area contributed by atoms with Crippen molar-refractivity contribution in [2.24, 2.45) is 0 Å². The topological polar surface area (TPSA) is 0 Å². The SMILES string of the molecule is FC(Br)(Br)C(F)(Br)C(Br)Br. The van der Waals surface area contributed by atoms with Crippen LogP contribution in [0.5, 0.6) is 0 Å². The van der Waals surface area contributed by atoms with Gasteiger partial charge in [0.1, 0.15) is 3.74 Å². The number of alkyl halides is 7. The lowest BCUT2D eigenvalue weighted by Gasteiger charge is -2.26. The molecule has 0 aliphatic heterocycles. The minimum absolute atomic E-state index is 0.837. The number of rotatable bonds is 2. The molecule has 0 fully saturated rings. The van der Waals surface area contributed by atoms with Crippen molar-refractivity contribution < 1.29 is 8.78 Å². The molecule has 0 amide bonds. The smallest absolute Gasteiger partial charge is 0.223 e. The van der Waals surface area contributed by atoms with Crippen LogP contribution in [-0.4, -0.2) is 11.8 Å². The summed E-state index contributed by atoms with van der Waals surface area (Å²) in [5, 5.41) is 0. The van der Waals surface area contributed by atoms with Gasteiger partial charge in [-0.15, -0.1) is 0 Å². The molecule has 1 unspecified atom stereocenters. The van der Waals surface area contributed by atoms with E-state index in [9.17, 15) is 8.78 Å². The van der Waals surface area contributed by atoms with Gasteiger partial charge >= 0.3 is 0 Å². The van der Waals surface area contributed by atoms with Crippen molar-refractivity contribution in [3.05, 3.63) is 0 Å². The van der Waals surface area contributed by atoms with Crippen LogP contribution in [0.25, 0.3) is 0 Å². The Morgan fingerprint density at radius 2 is 1.30 bits per heavy atom. The van der Waals surface area contributed by atoms with E-state index in [4.69, 9.17) is 0 Å². The van der Waals surface area contributed by atoms with Crippen LogP contribution >= 0.6 is 79.6 Å². The molecule has 0 radical (unpaired) electrons. The van der Waals surface area contributed by atoms with E-state index in [0.717, 1.165) is 0 Å². The molecular weight excluding hydrogens is 474 g/mol. The Labute approximate surface area is 99.1 Å². The molecule has 0 nitrogen and oxygen atoms in total. The molecule has 0 aromatic heterocycles. The first-order valence-electron chi connectivity index (χ1n) is 1.92. The first-order chi connectivity index (χ1) is 4.19. The highest BCUT2D eigenvalue weighted by molar-refractivity contribution is 9.27. The normalized spacial score (nSPS) is 19.2. The molecule has 0 saturated heterocycles. The summed E-state index contributed by atoms with van der Waals surface area (Å²) in [6.45, 7) is 0. The summed E-state index contributed by atoms with van der Waals surface area (Å²) in [6, 6.07) is 0. The minimum Gasteiger partial charge on any atom is -0.223 e. The largest absolute Gasteiger partial charge is 0.264 e. The number of halogens is 7. The second-order valence-corrected chi connectivity index (χ2v) is 8.89. The quantitative estimate of drug-likeness (QED) is 0.514. The molecule has 0 bridgehead atoms. The van der Waals surface area contributed by atoms with Crippen LogP contribution in [0.4, 0.5) is 8.78 Å². The van der Waals surface area contributed by atoms with Crippen LogP contribution in [-0.2, 0) is 0 Å². The Balaban J connectivity index is 4.40. The minimum atomic E-state index is -2.30. The number of hydrogen-bond acceptors (Lipinski definition) is 0. The van der Waals surface area contributed by atoms with Crippen molar-refractivity contribution in [3.63, 3.8) is 0 Å². The van der Waals surface area contributed by atoms with Gasteiger partial charge in [0.2, 0.25) is 4.58 Å². The maximum Gasteiger partial charge on any atom is 0.264 e. The van der Waals surface area contributed by atoms with Gasteiger partial charge in [-0.25, -0.2) is 8.78 Å². The monoisotopic (exact) mass is 470 g/mol. The van der Waals surface area contributed by atoms with E-state index >= 15 is 0 Å². The van der Waals surface area contributed by atoms with Gasteiger partial charge in [-0.05, 0) is 47.8 Å². The zero-order chi connectivity index (χ0) is 8.58. The van der Waals surface area contributed by atoms with E-state index in [-0.39, 0.29) is 0 Å². The Kier molecular flexibility index (Phi) is 4.88. The van der Waals surface area contributed by atoms with Gasteiger partial charge in [-0.2, -0.15) is 0 Å². The van der Waals surface area contributed by atoms with Crippen molar-refractivity contribution in [3.8, 4) is 0 Å². The van der Waals surface area contributed by atoms with Gasteiger partial charge in [0.05, 0.1) is 0 Å². The molecule has 0 N–H and O–H groups in total. The van der Waals surface area contributed by atoms with Crippen LogP contribution in [0, 0.1) is 0 Å². The maximum atomic E-state index is 13.1. The maximum absolute atomic E-state index is 13.1. The summed E-state index contributed by atoms with van der Waals surface area (Å²) in [6.07, 6.45) is 0. The molecule has 7 heteroatoms. The zero-order valence-corrected chi connectivity index (χ0v) is 12.2. The Bertz CT molecular complexity index is 117. The zero-order valence-electron chi connectivity index (χ0n) is 4.22. The Hall–Kier alpha value is 2.26. The van der Waals surface area contributed by atoms with Crippen molar-refractivity contribution in [1.82, 2.24) is 0 Å². The molecule has 0 aromatic carbocycles. The molecule has 0 saturated carbocycles. The van der Waals surface area contributed by atoms with Crippen LogP contribution in [0.1, 0.15) is 0 Å². The van der Waals surface area contributed by atoms with E-state index in [0.29, 0.717) is 0 Å². The molecule has 0 spiro atoms. The van der Waals surface area contributed by atoms with E-state index < -0.39 is 11.8 Å². The Morgan fingerprint density at radius 1 is 1.00 bits per heavy atom. The fraction of sp³-hybridized carbons (Fsp3) is 1.00. The van der Waals surface area contributed by atoms with E-state index in [2.05, 4.69) is 79.6 Å². The average Bonchev–Trinajstić information content (AvgIpc) is 1.62. The predicted molar refractivity (Wildman–Crippen MR) is 56.1 cm³/mol. The highest BCUT2D eigenvalue weighted by atomic mass is 79.9. The average molecular weight is 475 g/mol. The number of hydrogen-bond donors (Lipinski definition) is 0. The van der Waals surface area contributed by atoms with Gasteiger partial charge < -0.3 is 0 Å². The third kappa shape index (κ3) is 2.95. The van der Waals surface area contributed by atoms with Crippen LogP contribution in [0.15, 0.2) is 0 Å². The van der Waals surface area contributed by atoms with Gasteiger partial charge in [0.15, 0.2) is 0 Å². The van der Waals surface area contributed by atoms with Crippen LogP contribution < -0.4 is 0 Å². The summed E-state index contributed by atoms with van der Waals surface area (Å²) < 4.78 is 20.5. The van der Waals surface area contributed by atoms with Crippen molar-refractivity contribution in [2.75, 3.05) is 0 Å². The Morgan fingerprint density at radius 3 is 1.30 bits per heavy atom. The molecule has 0 aliphatic carbocycles. The molecule has 0 aliphatic rings. The third-order valence-electron chi connectivity index (χ3n) is 0.652. The van der Waals surface area contributed by atoms with E-state index in [1.165, 1.54) is 0 Å². The molecule has 62 valence electrons. The summed E-state index contributed by atoms with van der Waals surface area (Å²) in [4.78, 5) is 0. The summed E-state index contributed by atoms with van der Waals surface area (Å²) in [7, 11) is 0. The highest BCUT2D eigenvalue weighted by Crippen LogP contribution is 2.51. The molecule has 0 aromatic rings. The van der Waals surface area contributed by atoms with Crippen molar-refractivity contribution >= 4 is 79.6 Å². The third-order valence-corrected chi connectivity index (χ3v) is 6.36. The first-order valence-corrected chi connectivity index (χ1v) is 6.13. The predicted octanol–water partition coefficient (Wildman–Crippen LogP) is 4.58. The molecule has 0 heterocycles. The van der Waals surface area contributed by atoms with E-state index in [1.807, 2.05) is 0 Å². The lowest BCUT2D eigenvalue weighted by atomic mass is 10.5. The molecule has 10 heavy (non-hydrogen) atoms. The van der Waals surface area contributed by atoms with Crippen LogP contribution in [0.3, 0.4) is 0 Å². The lowest BCUT2D eigenvalue weighted by Crippen LogP contribution is -2.37. The van der Waals surface area contributed by atoms with Gasteiger partial charge in [-0.1, -0.05) is 31.9 Å². The van der Waals surface area contributed by atoms with E-state index in [1.54, 1.807) is 0 Å². The standard InChI is InChI=1S/C3HBr5F2/c4-1(5)2(6,9)3(7,8)10/h1H. The van der Waals surface area contributed by atoms with Gasteiger partial charge in [0.25, 0.3) is 3.49 Å². The highest BCUT2D eigenvalue weighted by Gasteiger charge is 2.52. The van der Waals surface area contributed by atoms with Crippen molar-refractivity contribution in [2.45, 2.75) is 11.8 Å². The summed E-state index contributed by atoms with van der Waals surface area (Å²) >= 11 is 13.1. The molecule has 0 rings (SSSR count). The fourth-order valence-electron chi connectivity index (χ4n) is 0.124. The van der Waals surface area contributed by atoms with Gasteiger partial charge in [0, 0.05) is 0 Å². The molecular formula is C3HBr5F2. The summed E-state index contributed by atoms with van der Waals surface area (Å²) in [5.41, 5.74) is 0. The lowest BCUT2D eigenvalue weighted by molar-refractivity contribution is 0.213. The van der Waals surface area contributed by atoms with Gasteiger partial charge in [-0.3, -0.25) is 0 Å². The second-order valence-electron chi connectivity index (χ2n) is 1.42. The fourth-order valence-corrected chi connectivity index (χ4v) is 2.44.